The summed E-state index contributed by atoms with van der Waals surface area (Å²) in [4.78, 5) is -1.39. The zero-order valence-corrected chi connectivity index (χ0v) is 34.2. The topological polar surface area (TPSA) is 229 Å². The van der Waals surface area contributed by atoms with Crippen LogP contribution in [-0.4, -0.2) is 50.4 Å². The third kappa shape index (κ3) is 8.98. The number of ether oxygens (including phenoxy) is 2. The summed E-state index contributed by atoms with van der Waals surface area (Å²) in [5.74, 6) is -0.413. The molecule has 0 fully saturated rings. The standard InChI is InChI=1S/C34H27N5O10S2.2Na/c1-48-27-9-5-3-7-25(27)36-38-31-29(50(42,43)44)17-19-15-21(11-13-23(19)33(31)40)35-22-12-14-24-20(16-22)18-30(51(45,46)47)32(34(24)41)39-37-26-8-4-6-10-28(26)49-2;;/h3-18,35,40-41H,1-2H3,(H,42,43,44)(H,45,46,47);;/q;2*+1. The number of rotatable bonds is 10. The van der Waals surface area contributed by atoms with Crippen LogP contribution in [0.1, 0.15) is 0 Å². The van der Waals surface area contributed by atoms with Crippen LogP contribution in [0, 0.1) is 0 Å². The first kappa shape index (κ1) is 41.6. The molecule has 260 valence electrons. The van der Waals surface area contributed by atoms with Crippen molar-refractivity contribution in [2.75, 3.05) is 19.5 Å². The molecule has 0 aliphatic rings. The van der Waals surface area contributed by atoms with Crippen LogP contribution in [-0.2, 0) is 20.2 Å². The van der Waals surface area contributed by atoms with E-state index in [-0.39, 0.29) is 92.0 Å². The molecule has 5 N–H and O–H groups in total. The number of phenols is 2. The van der Waals surface area contributed by atoms with Gasteiger partial charge in [0.1, 0.15) is 44.0 Å². The van der Waals surface area contributed by atoms with Gasteiger partial charge in [0.05, 0.1) is 14.2 Å². The summed E-state index contributed by atoms with van der Waals surface area (Å²) in [6.45, 7) is 0. The van der Waals surface area contributed by atoms with Crippen molar-refractivity contribution in [3.8, 4) is 23.0 Å². The van der Waals surface area contributed by atoms with Crippen LogP contribution in [0.3, 0.4) is 0 Å². The van der Waals surface area contributed by atoms with Crippen LogP contribution < -0.4 is 73.9 Å². The summed E-state index contributed by atoms with van der Waals surface area (Å²) in [5.41, 5.74) is 0.326. The molecule has 6 aromatic carbocycles. The van der Waals surface area contributed by atoms with Gasteiger partial charge >= 0.3 is 59.1 Å². The van der Waals surface area contributed by atoms with E-state index >= 15 is 0 Å². The average Bonchev–Trinajstić information content (AvgIpc) is 3.10. The third-order valence-corrected chi connectivity index (χ3v) is 9.37. The Morgan fingerprint density at radius 3 is 1.28 bits per heavy atom. The molecule has 0 bridgehead atoms. The first-order valence-corrected chi connectivity index (χ1v) is 17.6. The van der Waals surface area contributed by atoms with Crippen LogP contribution in [0.2, 0.25) is 0 Å². The zero-order chi connectivity index (χ0) is 36.5. The molecule has 6 aromatic rings. The fraction of sp³-hybridized carbons (Fsp3) is 0.0588. The van der Waals surface area contributed by atoms with E-state index in [1.807, 2.05) is 0 Å². The van der Waals surface area contributed by atoms with Gasteiger partial charge in [-0.05, 0) is 83.6 Å². The van der Waals surface area contributed by atoms with E-state index in [2.05, 4.69) is 25.8 Å². The number of nitrogens with zero attached hydrogens (tertiary/aromatic N) is 4. The molecule has 6 rings (SSSR count). The Kier molecular flexibility index (Phi) is 13.3. The minimum Gasteiger partial charge on any atom is -0.505 e. The summed E-state index contributed by atoms with van der Waals surface area (Å²) in [5, 5.41) is 41.9. The predicted molar refractivity (Wildman–Crippen MR) is 188 cm³/mol. The van der Waals surface area contributed by atoms with Crippen LogP contribution in [0.4, 0.5) is 34.1 Å². The van der Waals surface area contributed by atoms with Crippen molar-refractivity contribution >= 4 is 75.9 Å². The van der Waals surface area contributed by atoms with E-state index in [1.165, 1.54) is 38.5 Å². The maximum Gasteiger partial charge on any atom is 1.00 e. The van der Waals surface area contributed by atoms with Gasteiger partial charge in [0, 0.05) is 22.1 Å². The second-order valence-electron chi connectivity index (χ2n) is 10.8. The van der Waals surface area contributed by atoms with Gasteiger partial charge in [0.25, 0.3) is 20.2 Å². The van der Waals surface area contributed by atoms with Crippen molar-refractivity contribution in [2.24, 2.45) is 20.5 Å². The van der Waals surface area contributed by atoms with Gasteiger partial charge in [0.2, 0.25) is 0 Å². The quantitative estimate of drug-likeness (QED) is 0.0772. The molecule has 0 saturated heterocycles. The fourth-order valence-corrected chi connectivity index (χ4v) is 6.56. The molecule has 0 aliphatic carbocycles. The summed E-state index contributed by atoms with van der Waals surface area (Å²) in [7, 11) is -6.94. The molecule has 15 nitrogen and oxygen atoms in total. The molecular weight excluding hydrogens is 749 g/mol. The van der Waals surface area contributed by atoms with Crippen molar-refractivity contribution in [3.05, 3.63) is 97.1 Å². The number of hydrogen-bond donors (Lipinski definition) is 5. The number of phenolic OH excluding ortho intramolecular Hbond substituents is 2. The molecule has 0 spiro atoms. The van der Waals surface area contributed by atoms with Crippen molar-refractivity contribution in [1.29, 1.82) is 0 Å². The molecule has 0 radical (unpaired) electrons. The normalized spacial score (nSPS) is 11.8. The molecule has 0 aliphatic heterocycles. The van der Waals surface area contributed by atoms with Gasteiger partial charge < -0.3 is 25.0 Å². The monoisotopic (exact) mass is 775 g/mol. The van der Waals surface area contributed by atoms with Crippen molar-refractivity contribution in [2.45, 2.75) is 9.79 Å². The minimum absolute atomic E-state index is 0. The number of para-hydroxylation sites is 2. The van der Waals surface area contributed by atoms with E-state index in [4.69, 9.17) is 9.47 Å². The van der Waals surface area contributed by atoms with Crippen molar-refractivity contribution in [1.82, 2.24) is 0 Å². The number of methoxy groups -OCH3 is 2. The van der Waals surface area contributed by atoms with Gasteiger partial charge in [0.15, 0.2) is 11.5 Å². The third-order valence-electron chi connectivity index (χ3n) is 7.63. The Hall–Kier alpha value is -4.14. The van der Waals surface area contributed by atoms with E-state index in [9.17, 15) is 36.2 Å². The van der Waals surface area contributed by atoms with E-state index < -0.39 is 52.9 Å². The molecule has 0 atom stereocenters. The predicted octanol–water partition coefficient (Wildman–Crippen LogP) is 2.50. The first-order valence-electron chi connectivity index (χ1n) is 14.7. The molecule has 19 heteroatoms. The number of fused-ring (bicyclic) bond motifs is 2. The van der Waals surface area contributed by atoms with Gasteiger partial charge in [-0.25, -0.2) is 0 Å². The average molecular weight is 776 g/mol. The van der Waals surface area contributed by atoms with Gasteiger partial charge in [-0.2, -0.15) is 16.8 Å². The molecule has 0 saturated carbocycles. The largest absolute Gasteiger partial charge is 1.00 e. The smallest absolute Gasteiger partial charge is 0.505 e. The summed E-state index contributed by atoms with van der Waals surface area (Å²) < 4.78 is 80.0. The Morgan fingerprint density at radius 2 is 0.925 bits per heavy atom. The number of nitrogens with one attached hydrogen (secondary N) is 1. The summed E-state index contributed by atoms with van der Waals surface area (Å²) >= 11 is 0. The molecular formula is C34H27N5Na2O10S2+2. The Morgan fingerprint density at radius 1 is 0.547 bits per heavy atom. The molecule has 0 aromatic heterocycles. The van der Waals surface area contributed by atoms with Crippen LogP contribution in [0.15, 0.2) is 127 Å². The first-order chi connectivity index (χ1) is 24.3. The Bertz CT molecular complexity index is 2460. The van der Waals surface area contributed by atoms with E-state index in [0.29, 0.717) is 22.9 Å². The number of benzene rings is 6. The van der Waals surface area contributed by atoms with Crippen LogP contribution >= 0.6 is 0 Å². The maximum atomic E-state index is 12.4. The van der Waals surface area contributed by atoms with Crippen LogP contribution in [0.25, 0.3) is 21.5 Å². The van der Waals surface area contributed by atoms with E-state index in [1.54, 1.807) is 60.7 Å². The molecule has 0 amide bonds. The SMILES string of the molecule is COc1ccccc1N=Nc1c(S(=O)(=O)O)cc2cc(Nc3ccc4c(O)c(N=Nc5ccccc5OC)c(S(=O)(=O)O)cc4c3)ccc2c1O.[Na+].[Na+]. The maximum absolute atomic E-state index is 12.4. The van der Waals surface area contributed by atoms with E-state index in [0.717, 1.165) is 12.1 Å². The number of anilines is 2. The molecule has 53 heavy (non-hydrogen) atoms. The van der Waals surface area contributed by atoms with Gasteiger partial charge in [-0.3, -0.25) is 9.11 Å². The van der Waals surface area contributed by atoms with Gasteiger partial charge in [-0.1, -0.05) is 24.3 Å². The number of hydrogen-bond acceptors (Lipinski definition) is 13. The fourth-order valence-electron chi connectivity index (χ4n) is 5.24. The number of azo groups is 2. The van der Waals surface area contributed by atoms with Crippen molar-refractivity contribution < 1.29 is 105 Å². The van der Waals surface area contributed by atoms with Crippen LogP contribution in [0.5, 0.6) is 23.0 Å². The summed E-state index contributed by atoms with van der Waals surface area (Å²) in [6, 6.07) is 24.5. The molecule has 0 unspecified atom stereocenters. The zero-order valence-electron chi connectivity index (χ0n) is 28.6. The van der Waals surface area contributed by atoms with Crippen molar-refractivity contribution in [3.63, 3.8) is 0 Å². The minimum atomic E-state index is -4.89. The Balaban J connectivity index is 0.00000314. The number of aromatic hydroxyl groups is 2. The van der Waals surface area contributed by atoms with Gasteiger partial charge in [-0.15, -0.1) is 20.5 Å². The second kappa shape index (κ2) is 16.9. The molecule has 0 heterocycles. The Labute approximate surface area is 347 Å². The summed E-state index contributed by atoms with van der Waals surface area (Å²) in [6.07, 6.45) is 0. The second-order valence-corrected chi connectivity index (χ2v) is 13.6.